The van der Waals surface area contributed by atoms with Gasteiger partial charge in [0.1, 0.15) is 0 Å². The Labute approximate surface area is 120 Å². The first-order valence-electron chi connectivity index (χ1n) is 5.63. The smallest absolute Gasteiger partial charge is 0.258 e. The van der Waals surface area contributed by atoms with Gasteiger partial charge in [0, 0.05) is 21.4 Å². The van der Waals surface area contributed by atoms with Crippen LogP contribution in [0.3, 0.4) is 0 Å². The molecule has 3 nitrogen and oxygen atoms in total. The lowest BCUT2D eigenvalue weighted by atomic mass is 10.0. The molecule has 0 atom stereocenters. The monoisotopic (exact) mass is 291 g/mol. The second-order valence-corrected chi connectivity index (χ2v) is 5.57. The van der Waals surface area contributed by atoms with Gasteiger partial charge in [-0.15, -0.1) is 23.5 Å². The molecule has 2 aromatic rings. The van der Waals surface area contributed by atoms with E-state index in [1.165, 1.54) is 0 Å². The van der Waals surface area contributed by atoms with Crippen LogP contribution in [0.4, 0.5) is 5.69 Å². The molecule has 0 heterocycles. The maximum absolute atomic E-state index is 11.1. The maximum atomic E-state index is 11.1. The van der Waals surface area contributed by atoms with Crippen molar-refractivity contribution in [1.82, 2.24) is 0 Å². The third-order valence-electron chi connectivity index (χ3n) is 2.80. The molecule has 98 valence electrons. The summed E-state index contributed by atoms with van der Waals surface area (Å²) in [6.45, 7) is 0. The van der Waals surface area contributed by atoms with Crippen molar-refractivity contribution in [1.29, 1.82) is 0 Å². The number of nitro benzene ring substituents is 1. The molecule has 2 rings (SSSR count). The number of nitro groups is 1. The fourth-order valence-corrected chi connectivity index (χ4v) is 3.04. The second-order valence-electron chi connectivity index (χ2n) is 3.84. The highest BCUT2D eigenvalue weighted by molar-refractivity contribution is 7.99. The van der Waals surface area contributed by atoms with Crippen molar-refractivity contribution in [2.75, 3.05) is 12.5 Å². The Morgan fingerprint density at radius 2 is 1.74 bits per heavy atom. The van der Waals surface area contributed by atoms with Gasteiger partial charge in [0.25, 0.3) is 5.69 Å². The summed E-state index contributed by atoms with van der Waals surface area (Å²) in [5, 5.41) is 11.1. The number of rotatable bonds is 4. The molecule has 0 spiro atoms. The highest BCUT2D eigenvalue weighted by Crippen LogP contribution is 2.37. The number of benzene rings is 2. The average molecular weight is 291 g/mol. The number of hydrogen-bond acceptors (Lipinski definition) is 4. The van der Waals surface area contributed by atoms with E-state index in [-0.39, 0.29) is 10.6 Å². The SMILES string of the molecule is CSc1ccc(-c2ccccc2[N+](=O)[O-])c(SC)c1. The molecule has 0 unspecified atom stereocenters. The molecule has 0 aliphatic carbocycles. The molecule has 0 aromatic heterocycles. The molecular formula is C14H13NO2S2. The summed E-state index contributed by atoms with van der Waals surface area (Å²) < 4.78 is 0. The molecule has 2 aromatic carbocycles. The van der Waals surface area contributed by atoms with Gasteiger partial charge in [-0.05, 0) is 30.7 Å². The zero-order chi connectivity index (χ0) is 13.8. The molecule has 0 aliphatic rings. The molecule has 0 aliphatic heterocycles. The van der Waals surface area contributed by atoms with E-state index in [0.717, 1.165) is 15.4 Å². The molecule has 0 N–H and O–H groups in total. The molecular weight excluding hydrogens is 278 g/mol. The van der Waals surface area contributed by atoms with E-state index in [1.54, 1.807) is 41.7 Å². The Hall–Kier alpha value is -1.46. The van der Waals surface area contributed by atoms with Crippen LogP contribution < -0.4 is 0 Å². The Kier molecular flexibility index (Phi) is 4.50. The molecule has 0 radical (unpaired) electrons. The lowest BCUT2D eigenvalue weighted by Crippen LogP contribution is -1.92. The van der Waals surface area contributed by atoms with Crippen LogP contribution in [0.15, 0.2) is 52.3 Å². The zero-order valence-corrected chi connectivity index (χ0v) is 12.3. The summed E-state index contributed by atoms with van der Waals surface area (Å²) in [5.41, 5.74) is 1.73. The summed E-state index contributed by atoms with van der Waals surface area (Å²) in [6.07, 6.45) is 4.00. The topological polar surface area (TPSA) is 43.1 Å². The van der Waals surface area contributed by atoms with Gasteiger partial charge < -0.3 is 0 Å². The van der Waals surface area contributed by atoms with Crippen LogP contribution in [-0.2, 0) is 0 Å². The Morgan fingerprint density at radius 1 is 1.00 bits per heavy atom. The van der Waals surface area contributed by atoms with E-state index < -0.39 is 0 Å². The van der Waals surface area contributed by atoms with Crippen LogP contribution in [0.25, 0.3) is 11.1 Å². The summed E-state index contributed by atoms with van der Waals surface area (Å²) in [6, 6.07) is 12.9. The van der Waals surface area contributed by atoms with Gasteiger partial charge >= 0.3 is 0 Å². The van der Waals surface area contributed by atoms with Crippen LogP contribution in [0.2, 0.25) is 0 Å². The number of thioether (sulfide) groups is 2. The second kappa shape index (κ2) is 6.12. The van der Waals surface area contributed by atoms with Crippen molar-refractivity contribution in [3.05, 3.63) is 52.6 Å². The van der Waals surface area contributed by atoms with E-state index >= 15 is 0 Å². The molecule has 0 saturated carbocycles. The summed E-state index contributed by atoms with van der Waals surface area (Å²) in [7, 11) is 0. The van der Waals surface area contributed by atoms with Crippen molar-refractivity contribution in [2.24, 2.45) is 0 Å². The average Bonchev–Trinajstić information content (AvgIpc) is 2.46. The lowest BCUT2D eigenvalue weighted by Gasteiger charge is -2.09. The minimum Gasteiger partial charge on any atom is -0.258 e. The Morgan fingerprint density at radius 3 is 2.37 bits per heavy atom. The predicted molar refractivity (Wildman–Crippen MR) is 82.1 cm³/mol. The summed E-state index contributed by atoms with van der Waals surface area (Å²) >= 11 is 3.27. The van der Waals surface area contributed by atoms with Crippen LogP contribution >= 0.6 is 23.5 Å². The molecule has 0 bridgehead atoms. The third-order valence-corrected chi connectivity index (χ3v) is 4.30. The zero-order valence-electron chi connectivity index (χ0n) is 10.6. The van der Waals surface area contributed by atoms with E-state index in [9.17, 15) is 10.1 Å². The van der Waals surface area contributed by atoms with Crippen molar-refractivity contribution in [3.8, 4) is 11.1 Å². The van der Waals surface area contributed by atoms with Gasteiger partial charge in [0.2, 0.25) is 0 Å². The minimum atomic E-state index is -0.331. The molecule has 0 saturated heterocycles. The number of hydrogen-bond donors (Lipinski definition) is 0. The normalized spacial score (nSPS) is 10.4. The molecule has 19 heavy (non-hydrogen) atoms. The lowest BCUT2D eigenvalue weighted by molar-refractivity contribution is -0.384. The first-order chi connectivity index (χ1) is 9.17. The fraction of sp³-hybridized carbons (Fsp3) is 0.143. The number of nitrogens with zero attached hydrogens (tertiary/aromatic N) is 1. The fourth-order valence-electron chi connectivity index (χ4n) is 1.88. The summed E-state index contributed by atoms with van der Waals surface area (Å²) in [4.78, 5) is 13.0. The highest BCUT2D eigenvalue weighted by atomic mass is 32.2. The first kappa shape index (κ1) is 14.0. The first-order valence-corrected chi connectivity index (χ1v) is 8.08. The van der Waals surface area contributed by atoms with Gasteiger partial charge in [-0.1, -0.05) is 18.2 Å². The number of para-hydroxylation sites is 1. The van der Waals surface area contributed by atoms with Crippen molar-refractivity contribution >= 4 is 29.2 Å². The maximum Gasteiger partial charge on any atom is 0.277 e. The summed E-state index contributed by atoms with van der Waals surface area (Å²) in [5.74, 6) is 0. The standard InChI is InChI=1S/C14H13NO2S2/c1-18-10-7-8-12(14(9-10)19-2)11-5-3-4-6-13(11)15(16)17/h3-9H,1-2H3. The van der Waals surface area contributed by atoms with Crippen LogP contribution in [-0.4, -0.2) is 17.4 Å². The molecule has 0 amide bonds. The van der Waals surface area contributed by atoms with Crippen molar-refractivity contribution < 1.29 is 4.92 Å². The highest BCUT2D eigenvalue weighted by Gasteiger charge is 2.16. The van der Waals surface area contributed by atoms with E-state index in [1.807, 2.05) is 30.7 Å². The molecule has 0 fully saturated rings. The van der Waals surface area contributed by atoms with Gasteiger partial charge in [-0.2, -0.15) is 0 Å². The predicted octanol–water partition coefficient (Wildman–Crippen LogP) is 4.71. The minimum absolute atomic E-state index is 0.148. The third kappa shape index (κ3) is 2.93. The van der Waals surface area contributed by atoms with Crippen molar-refractivity contribution in [2.45, 2.75) is 9.79 Å². The van der Waals surface area contributed by atoms with Gasteiger partial charge in [0.05, 0.1) is 10.5 Å². The van der Waals surface area contributed by atoms with E-state index in [4.69, 9.17) is 0 Å². The van der Waals surface area contributed by atoms with E-state index in [0.29, 0.717) is 5.56 Å². The van der Waals surface area contributed by atoms with Crippen molar-refractivity contribution in [3.63, 3.8) is 0 Å². The van der Waals surface area contributed by atoms with Crippen LogP contribution in [0, 0.1) is 10.1 Å². The van der Waals surface area contributed by atoms with Crippen LogP contribution in [0.5, 0.6) is 0 Å². The Bertz CT molecular complexity index is 614. The Balaban J connectivity index is 2.62. The van der Waals surface area contributed by atoms with Gasteiger partial charge in [-0.3, -0.25) is 10.1 Å². The van der Waals surface area contributed by atoms with E-state index in [2.05, 4.69) is 6.07 Å². The molecule has 5 heteroatoms. The van der Waals surface area contributed by atoms with Crippen LogP contribution in [0.1, 0.15) is 0 Å². The van der Waals surface area contributed by atoms with Gasteiger partial charge in [0.15, 0.2) is 0 Å². The largest absolute Gasteiger partial charge is 0.277 e. The van der Waals surface area contributed by atoms with Gasteiger partial charge in [-0.25, -0.2) is 0 Å². The quantitative estimate of drug-likeness (QED) is 0.465.